The molecule has 0 atom stereocenters. The van der Waals surface area contributed by atoms with Crippen molar-refractivity contribution < 1.29 is 19.4 Å². The van der Waals surface area contributed by atoms with E-state index in [0.29, 0.717) is 29.0 Å². The maximum absolute atomic E-state index is 11.7. The Morgan fingerprint density at radius 1 is 1.03 bits per heavy atom. The standard InChI is InChI=1S/C26H29ClN4O4/c1-18-6-5-9-23(19(18)2)34-15-14-30-10-12-31(13-11-30)26-28-16-20(25(32)33)22(29-26)17-35-24-8-4-3-7-21(24)27/h3-9,16H,10-15,17H2,1-2H3,(H,32,33). The second kappa shape index (κ2) is 11.4. The van der Waals surface area contributed by atoms with E-state index < -0.39 is 5.97 Å². The van der Waals surface area contributed by atoms with Gasteiger partial charge in [0.2, 0.25) is 5.95 Å². The minimum absolute atomic E-state index is 0.0167. The van der Waals surface area contributed by atoms with Gasteiger partial charge in [0.05, 0.1) is 10.7 Å². The van der Waals surface area contributed by atoms with E-state index in [9.17, 15) is 9.90 Å². The summed E-state index contributed by atoms with van der Waals surface area (Å²) in [7, 11) is 0. The number of ether oxygens (including phenoxy) is 2. The number of para-hydroxylation sites is 1. The molecule has 8 nitrogen and oxygen atoms in total. The zero-order valence-corrected chi connectivity index (χ0v) is 20.7. The van der Waals surface area contributed by atoms with Crippen LogP contribution in [0.3, 0.4) is 0 Å². The van der Waals surface area contributed by atoms with Gasteiger partial charge < -0.3 is 19.5 Å². The molecular weight excluding hydrogens is 468 g/mol. The summed E-state index contributed by atoms with van der Waals surface area (Å²) in [5.74, 6) is 0.812. The first-order chi connectivity index (χ1) is 16.9. The van der Waals surface area contributed by atoms with E-state index in [-0.39, 0.29) is 12.2 Å². The van der Waals surface area contributed by atoms with Crippen LogP contribution in [-0.4, -0.2) is 65.3 Å². The summed E-state index contributed by atoms with van der Waals surface area (Å²) in [5, 5.41) is 10.0. The number of hydrogen-bond acceptors (Lipinski definition) is 7. The molecule has 0 amide bonds. The van der Waals surface area contributed by atoms with Crippen molar-refractivity contribution in [3.8, 4) is 11.5 Å². The molecule has 1 N–H and O–H groups in total. The van der Waals surface area contributed by atoms with E-state index in [4.69, 9.17) is 21.1 Å². The largest absolute Gasteiger partial charge is 0.492 e. The van der Waals surface area contributed by atoms with Crippen molar-refractivity contribution in [2.24, 2.45) is 0 Å². The molecule has 1 fully saturated rings. The summed E-state index contributed by atoms with van der Waals surface area (Å²) >= 11 is 6.15. The van der Waals surface area contributed by atoms with Gasteiger partial charge in [-0.05, 0) is 43.2 Å². The van der Waals surface area contributed by atoms with Gasteiger partial charge in [-0.3, -0.25) is 4.90 Å². The SMILES string of the molecule is Cc1cccc(OCCN2CCN(c3ncc(C(=O)O)c(COc4ccccc4Cl)n3)CC2)c1C. The van der Waals surface area contributed by atoms with Gasteiger partial charge in [-0.2, -0.15) is 0 Å². The molecule has 1 aliphatic heterocycles. The lowest BCUT2D eigenvalue weighted by molar-refractivity contribution is 0.0692. The van der Waals surface area contributed by atoms with E-state index in [2.05, 4.69) is 39.7 Å². The Balaban J connectivity index is 1.34. The fraction of sp³-hybridized carbons (Fsp3) is 0.346. The number of halogens is 1. The number of carboxylic acids is 1. The lowest BCUT2D eigenvalue weighted by atomic mass is 10.1. The first kappa shape index (κ1) is 24.8. The molecule has 3 aromatic rings. The van der Waals surface area contributed by atoms with Gasteiger partial charge in [-0.25, -0.2) is 14.8 Å². The number of piperazine rings is 1. The quantitative estimate of drug-likeness (QED) is 0.471. The van der Waals surface area contributed by atoms with Gasteiger partial charge in [0.1, 0.15) is 30.3 Å². The summed E-state index contributed by atoms with van der Waals surface area (Å²) in [4.78, 5) is 24.9. The molecule has 0 unspecified atom stereocenters. The molecule has 0 saturated carbocycles. The maximum atomic E-state index is 11.7. The minimum atomic E-state index is -1.09. The van der Waals surface area contributed by atoms with Gasteiger partial charge in [0, 0.05) is 38.9 Å². The van der Waals surface area contributed by atoms with Gasteiger partial charge in [-0.15, -0.1) is 0 Å². The molecule has 2 aromatic carbocycles. The predicted octanol–water partition coefficient (Wildman–Crippen LogP) is 4.23. The Morgan fingerprint density at radius 2 is 1.77 bits per heavy atom. The topological polar surface area (TPSA) is 88.0 Å². The molecule has 9 heteroatoms. The number of carboxylic acid groups (broad SMARTS) is 1. The number of aryl methyl sites for hydroxylation is 1. The summed E-state index contributed by atoms with van der Waals surface area (Å²) in [5.41, 5.74) is 2.73. The summed E-state index contributed by atoms with van der Waals surface area (Å²) in [6.07, 6.45) is 1.35. The first-order valence-corrected chi connectivity index (χ1v) is 11.9. The van der Waals surface area contributed by atoms with Crippen LogP contribution < -0.4 is 14.4 Å². The Kier molecular flexibility index (Phi) is 8.05. The zero-order chi connectivity index (χ0) is 24.8. The highest BCUT2D eigenvalue weighted by atomic mass is 35.5. The number of carbonyl (C=O) groups is 1. The third kappa shape index (κ3) is 6.21. The van der Waals surface area contributed by atoms with Gasteiger partial charge in [-0.1, -0.05) is 35.9 Å². The molecule has 0 aliphatic carbocycles. The summed E-state index contributed by atoms with van der Waals surface area (Å²) in [6, 6.07) is 13.2. The number of nitrogens with zero attached hydrogens (tertiary/aromatic N) is 4. The van der Waals surface area contributed by atoms with E-state index in [1.165, 1.54) is 17.3 Å². The third-order valence-electron chi connectivity index (χ3n) is 6.16. The van der Waals surface area contributed by atoms with Crippen molar-refractivity contribution in [3.05, 3.63) is 76.1 Å². The van der Waals surface area contributed by atoms with Crippen molar-refractivity contribution >= 4 is 23.5 Å². The van der Waals surface area contributed by atoms with Gasteiger partial charge in [0.25, 0.3) is 0 Å². The van der Waals surface area contributed by atoms with Crippen LogP contribution in [-0.2, 0) is 6.61 Å². The van der Waals surface area contributed by atoms with Crippen LogP contribution in [0.4, 0.5) is 5.95 Å². The molecule has 184 valence electrons. The van der Waals surface area contributed by atoms with Crippen LogP contribution in [0, 0.1) is 13.8 Å². The van der Waals surface area contributed by atoms with Crippen LogP contribution in [0.25, 0.3) is 0 Å². The van der Waals surface area contributed by atoms with Gasteiger partial charge >= 0.3 is 5.97 Å². The molecule has 0 spiro atoms. The molecule has 0 radical (unpaired) electrons. The summed E-state index contributed by atoms with van der Waals surface area (Å²) in [6.45, 7) is 8.75. The summed E-state index contributed by atoms with van der Waals surface area (Å²) < 4.78 is 11.7. The van der Waals surface area contributed by atoms with Crippen molar-refractivity contribution in [2.45, 2.75) is 20.5 Å². The zero-order valence-electron chi connectivity index (χ0n) is 19.9. The van der Waals surface area contributed by atoms with Crippen molar-refractivity contribution in [1.82, 2.24) is 14.9 Å². The van der Waals surface area contributed by atoms with E-state index in [0.717, 1.165) is 38.5 Å². The number of rotatable bonds is 9. The molecule has 1 aliphatic rings. The normalized spacial score (nSPS) is 14.1. The number of benzene rings is 2. The second-order valence-corrected chi connectivity index (χ2v) is 8.84. The van der Waals surface area contributed by atoms with Crippen molar-refractivity contribution in [3.63, 3.8) is 0 Å². The monoisotopic (exact) mass is 496 g/mol. The molecule has 0 bridgehead atoms. The number of hydrogen-bond donors (Lipinski definition) is 1. The Morgan fingerprint density at radius 3 is 2.51 bits per heavy atom. The number of aromatic nitrogens is 2. The van der Waals surface area contributed by atoms with E-state index in [1.807, 2.05) is 12.1 Å². The predicted molar refractivity (Wildman–Crippen MR) is 135 cm³/mol. The van der Waals surface area contributed by atoms with Crippen molar-refractivity contribution in [2.75, 3.05) is 44.2 Å². The Hall–Kier alpha value is -3.36. The number of anilines is 1. The Bertz CT molecular complexity index is 1180. The van der Waals surface area contributed by atoms with Crippen LogP contribution >= 0.6 is 11.6 Å². The molecular formula is C26H29ClN4O4. The molecule has 2 heterocycles. The molecule has 1 aromatic heterocycles. The number of aromatic carboxylic acids is 1. The fourth-order valence-corrected chi connectivity index (χ4v) is 4.08. The van der Waals surface area contributed by atoms with Crippen molar-refractivity contribution in [1.29, 1.82) is 0 Å². The highest BCUT2D eigenvalue weighted by molar-refractivity contribution is 6.32. The first-order valence-electron chi connectivity index (χ1n) is 11.5. The lowest BCUT2D eigenvalue weighted by Gasteiger charge is -2.34. The molecule has 1 saturated heterocycles. The van der Waals surface area contributed by atoms with Crippen LogP contribution in [0.2, 0.25) is 5.02 Å². The van der Waals surface area contributed by atoms with Crippen LogP contribution in [0.1, 0.15) is 27.2 Å². The Labute approximate surface area is 210 Å². The smallest absolute Gasteiger partial charge is 0.339 e. The maximum Gasteiger partial charge on any atom is 0.339 e. The van der Waals surface area contributed by atoms with E-state index >= 15 is 0 Å². The van der Waals surface area contributed by atoms with Gasteiger partial charge in [0.15, 0.2) is 0 Å². The molecule has 4 rings (SSSR count). The minimum Gasteiger partial charge on any atom is -0.492 e. The third-order valence-corrected chi connectivity index (χ3v) is 6.47. The average Bonchev–Trinajstić information content (AvgIpc) is 2.86. The van der Waals surface area contributed by atoms with E-state index in [1.54, 1.807) is 24.3 Å². The highest BCUT2D eigenvalue weighted by Gasteiger charge is 2.22. The van der Waals surface area contributed by atoms with Crippen LogP contribution in [0.15, 0.2) is 48.7 Å². The highest BCUT2D eigenvalue weighted by Crippen LogP contribution is 2.25. The lowest BCUT2D eigenvalue weighted by Crippen LogP contribution is -2.48. The fourth-order valence-electron chi connectivity index (χ4n) is 3.89. The second-order valence-electron chi connectivity index (χ2n) is 8.43. The van der Waals surface area contributed by atoms with Crippen LogP contribution in [0.5, 0.6) is 11.5 Å². The molecule has 35 heavy (non-hydrogen) atoms. The average molecular weight is 497 g/mol.